The van der Waals surface area contributed by atoms with Gasteiger partial charge in [-0.25, -0.2) is 0 Å². The summed E-state index contributed by atoms with van der Waals surface area (Å²) in [6.45, 7) is 0.181. The molecule has 0 radical (unpaired) electrons. The summed E-state index contributed by atoms with van der Waals surface area (Å²) < 4.78 is 9.56. The molecule has 0 aromatic carbocycles. The van der Waals surface area contributed by atoms with Crippen LogP contribution in [0.1, 0.15) is 0 Å². The van der Waals surface area contributed by atoms with E-state index < -0.39 is 16.8 Å². The van der Waals surface area contributed by atoms with Crippen molar-refractivity contribution in [3.05, 3.63) is 0 Å². The molecule has 15 heavy (non-hydrogen) atoms. The molecular formula is C8H17NO3S3. The highest BCUT2D eigenvalue weighted by atomic mass is 32.2. The lowest BCUT2D eigenvalue weighted by atomic mass is 10.6. The predicted molar refractivity (Wildman–Crippen MR) is 69.0 cm³/mol. The zero-order valence-corrected chi connectivity index (χ0v) is 11.4. The molecule has 1 fully saturated rings. The number of hydrogen-bond donors (Lipinski definition) is 1. The summed E-state index contributed by atoms with van der Waals surface area (Å²) in [5.41, 5.74) is 0. The van der Waals surface area contributed by atoms with Crippen LogP contribution in [-0.4, -0.2) is 62.5 Å². The lowest BCUT2D eigenvalue weighted by molar-refractivity contribution is -0.137. The first-order chi connectivity index (χ1) is 7.02. The largest absolute Gasteiger partial charge is 0.480 e. The Kier molecular flexibility index (Phi) is 9.68. The molecule has 4 nitrogen and oxygen atoms in total. The van der Waals surface area contributed by atoms with E-state index in [4.69, 9.17) is 5.11 Å². The average Bonchev–Trinajstić information content (AvgIpc) is 2.30. The van der Waals surface area contributed by atoms with E-state index in [2.05, 4.69) is 0 Å². The Morgan fingerprint density at radius 3 is 2.07 bits per heavy atom. The topological polar surface area (TPSA) is 57.6 Å². The lowest BCUT2D eigenvalue weighted by Crippen LogP contribution is -2.28. The Bertz CT molecular complexity index is 201. The van der Waals surface area contributed by atoms with Crippen LogP contribution >= 0.6 is 23.5 Å². The molecule has 90 valence electrons. The molecule has 1 N–H and O–H groups in total. The third-order valence-corrected chi connectivity index (χ3v) is 3.62. The van der Waals surface area contributed by atoms with Crippen molar-refractivity contribution in [2.24, 2.45) is 0 Å². The van der Waals surface area contributed by atoms with Crippen LogP contribution in [0.4, 0.5) is 0 Å². The van der Waals surface area contributed by atoms with Gasteiger partial charge in [0.25, 0.3) is 0 Å². The Morgan fingerprint density at radius 1 is 1.33 bits per heavy atom. The van der Waals surface area contributed by atoms with E-state index in [0.717, 1.165) is 23.3 Å². The number of hydrogen-bond acceptors (Lipinski definition) is 5. The van der Waals surface area contributed by atoms with Crippen molar-refractivity contribution in [1.82, 2.24) is 4.90 Å². The SMILES string of the molecule is CS(C)=O.O=C(O)CN1CSCCSC1. The summed E-state index contributed by atoms with van der Waals surface area (Å²) >= 11 is 3.62. The minimum Gasteiger partial charge on any atom is -0.480 e. The highest BCUT2D eigenvalue weighted by Gasteiger charge is 2.11. The average molecular weight is 271 g/mol. The molecule has 1 aliphatic heterocycles. The van der Waals surface area contributed by atoms with Crippen LogP contribution in [0.25, 0.3) is 0 Å². The Balaban J connectivity index is 0.000000423. The predicted octanol–water partition coefficient (Wildman–Crippen LogP) is 0.763. The summed E-state index contributed by atoms with van der Waals surface area (Å²) in [7, 11) is -0.611. The van der Waals surface area contributed by atoms with Gasteiger partial charge in [-0.05, 0) is 0 Å². The van der Waals surface area contributed by atoms with Crippen LogP contribution in [0, 0.1) is 0 Å². The molecule has 1 aliphatic rings. The van der Waals surface area contributed by atoms with Gasteiger partial charge in [-0.2, -0.15) is 0 Å². The zero-order chi connectivity index (χ0) is 11.7. The minimum absolute atomic E-state index is 0.181. The number of carboxylic acids is 1. The van der Waals surface area contributed by atoms with E-state index in [9.17, 15) is 9.00 Å². The molecule has 7 heteroatoms. The first-order valence-electron chi connectivity index (χ1n) is 4.37. The number of nitrogens with zero attached hydrogens (tertiary/aromatic N) is 1. The molecule has 0 aromatic heterocycles. The van der Waals surface area contributed by atoms with Gasteiger partial charge in [0.2, 0.25) is 0 Å². The zero-order valence-electron chi connectivity index (χ0n) is 8.97. The van der Waals surface area contributed by atoms with Gasteiger partial charge >= 0.3 is 5.97 Å². The van der Waals surface area contributed by atoms with Crippen molar-refractivity contribution in [2.75, 3.05) is 42.3 Å². The molecule has 0 atom stereocenters. The first kappa shape index (κ1) is 15.3. The summed E-state index contributed by atoms with van der Waals surface area (Å²) in [6, 6.07) is 0. The van der Waals surface area contributed by atoms with Gasteiger partial charge in [0.15, 0.2) is 0 Å². The monoisotopic (exact) mass is 271 g/mol. The number of rotatable bonds is 2. The van der Waals surface area contributed by atoms with Crippen LogP contribution in [0.3, 0.4) is 0 Å². The van der Waals surface area contributed by atoms with Crippen LogP contribution in [0.5, 0.6) is 0 Å². The van der Waals surface area contributed by atoms with Gasteiger partial charge in [0.1, 0.15) is 0 Å². The second-order valence-electron chi connectivity index (χ2n) is 3.04. The maximum absolute atomic E-state index is 10.3. The number of thioether (sulfide) groups is 2. The summed E-state index contributed by atoms with van der Waals surface area (Å²) in [5, 5.41) is 8.50. The first-order valence-corrected chi connectivity index (χ1v) is 8.64. The number of carboxylic acid groups (broad SMARTS) is 1. The van der Waals surface area contributed by atoms with Crippen LogP contribution in [-0.2, 0) is 15.6 Å². The quantitative estimate of drug-likeness (QED) is 0.800. The van der Waals surface area contributed by atoms with E-state index in [-0.39, 0.29) is 6.54 Å². The highest BCUT2D eigenvalue weighted by Crippen LogP contribution is 2.16. The summed E-state index contributed by atoms with van der Waals surface area (Å²) in [6.07, 6.45) is 3.28. The minimum atomic E-state index is -0.729. The van der Waals surface area contributed by atoms with Crippen molar-refractivity contribution < 1.29 is 14.1 Å². The molecule has 0 aliphatic carbocycles. The highest BCUT2D eigenvalue weighted by molar-refractivity contribution is 8.03. The third kappa shape index (κ3) is 12.2. The van der Waals surface area contributed by atoms with Gasteiger partial charge in [-0.15, -0.1) is 23.5 Å². The summed E-state index contributed by atoms with van der Waals surface area (Å²) in [5.74, 6) is 3.27. The Hall–Kier alpha value is 0.280. The molecule has 0 unspecified atom stereocenters. The van der Waals surface area contributed by atoms with E-state index >= 15 is 0 Å². The number of carbonyl (C=O) groups is 1. The molecule has 0 saturated carbocycles. The van der Waals surface area contributed by atoms with E-state index in [1.165, 1.54) is 0 Å². The van der Waals surface area contributed by atoms with Crippen molar-refractivity contribution in [3.8, 4) is 0 Å². The van der Waals surface area contributed by atoms with Crippen molar-refractivity contribution in [1.29, 1.82) is 0 Å². The van der Waals surface area contributed by atoms with E-state index in [0.29, 0.717) is 0 Å². The van der Waals surface area contributed by atoms with Gasteiger partial charge in [-0.3, -0.25) is 13.9 Å². The number of aliphatic carboxylic acids is 1. The van der Waals surface area contributed by atoms with Gasteiger partial charge in [0, 0.05) is 46.6 Å². The molecule has 1 rings (SSSR count). The third-order valence-electron chi connectivity index (χ3n) is 1.28. The van der Waals surface area contributed by atoms with Gasteiger partial charge < -0.3 is 5.11 Å². The maximum Gasteiger partial charge on any atom is 0.317 e. The molecule has 1 saturated heterocycles. The van der Waals surface area contributed by atoms with E-state index in [1.807, 2.05) is 28.4 Å². The molecule has 0 aromatic rings. The fourth-order valence-corrected chi connectivity index (χ4v) is 3.02. The van der Waals surface area contributed by atoms with Crippen LogP contribution < -0.4 is 0 Å². The molecule has 0 spiro atoms. The molecule has 0 bridgehead atoms. The fraction of sp³-hybridized carbons (Fsp3) is 0.875. The lowest BCUT2D eigenvalue weighted by Gasteiger charge is -2.14. The molecular weight excluding hydrogens is 254 g/mol. The van der Waals surface area contributed by atoms with Crippen molar-refractivity contribution in [3.63, 3.8) is 0 Å². The molecule has 1 heterocycles. The van der Waals surface area contributed by atoms with Crippen molar-refractivity contribution >= 4 is 40.3 Å². The Labute approximate surface area is 102 Å². The van der Waals surface area contributed by atoms with E-state index in [1.54, 1.807) is 12.5 Å². The second-order valence-corrected chi connectivity index (χ2v) is 6.67. The molecule has 0 amide bonds. The van der Waals surface area contributed by atoms with Crippen LogP contribution in [0.2, 0.25) is 0 Å². The Morgan fingerprint density at radius 2 is 1.73 bits per heavy atom. The van der Waals surface area contributed by atoms with Crippen molar-refractivity contribution in [2.45, 2.75) is 0 Å². The van der Waals surface area contributed by atoms with Gasteiger partial charge in [0.05, 0.1) is 6.54 Å². The van der Waals surface area contributed by atoms with Gasteiger partial charge in [-0.1, -0.05) is 0 Å². The summed E-state index contributed by atoms with van der Waals surface area (Å²) in [4.78, 5) is 12.3. The normalized spacial score (nSPS) is 17.8. The standard InChI is InChI=1S/C6H11NO2S2.C2H6OS/c8-6(9)3-7-4-10-1-2-11-5-7;1-4(2)3/h1-5H2,(H,8,9);1-2H3. The fourth-order valence-electron chi connectivity index (χ4n) is 0.825. The smallest absolute Gasteiger partial charge is 0.317 e. The maximum atomic E-state index is 10.3. The van der Waals surface area contributed by atoms with Crippen LogP contribution in [0.15, 0.2) is 0 Å². The second kappa shape index (κ2) is 9.50.